The maximum Gasteiger partial charge on any atom is 0.229 e. The second-order valence-electron chi connectivity index (χ2n) is 6.23. The molecule has 5 heteroatoms. The molecule has 4 rings (SSSR count). The smallest absolute Gasteiger partial charge is 0.229 e. The number of nitrogens with zero attached hydrogens (tertiary/aromatic N) is 2. The Labute approximate surface area is 158 Å². The number of hydrogen-bond donors (Lipinski definition) is 2. The van der Waals surface area contributed by atoms with Crippen molar-refractivity contribution in [2.75, 3.05) is 17.7 Å². The van der Waals surface area contributed by atoms with E-state index >= 15 is 0 Å². The van der Waals surface area contributed by atoms with Gasteiger partial charge in [0.15, 0.2) is 0 Å². The second kappa shape index (κ2) is 7.33. The van der Waals surface area contributed by atoms with Gasteiger partial charge in [-0.1, -0.05) is 42.0 Å². The van der Waals surface area contributed by atoms with E-state index in [4.69, 9.17) is 9.72 Å². The van der Waals surface area contributed by atoms with Gasteiger partial charge < -0.3 is 15.4 Å². The first-order valence-corrected chi connectivity index (χ1v) is 8.73. The predicted octanol–water partition coefficient (Wildman–Crippen LogP) is 5.43. The Hall–Kier alpha value is -3.60. The molecule has 0 radical (unpaired) electrons. The number of aryl methyl sites for hydroxylation is 1. The van der Waals surface area contributed by atoms with Crippen LogP contribution >= 0.6 is 0 Å². The van der Waals surface area contributed by atoms with Crippen LogP contribution < -0.4 is 15.4 Å². The Morgan fingerprint density at radius 2 is 1.52 bits per heavy atom. The van der Waals surface area contributed by atoms with Crippen molar-refractivity contribution in [1.82, 2.24) is 9.97 Å². The summed E-state index contributed by atoms with van der Waals surface area (Å²) >= 11 is 0. The second-order valence-corrected chi connectivity index (χ2v) is 6.23. The highest BCUT2D eigenvalue weighted by Gasteiger charge is 2.10. The van der Waals surface area contributed by atoms with E-state index in [2.05, 4.69) is 34.7 Å². The van der Waals surface area contributed by atoms with Gasteiger partial charge in [0.2, 0.25) is 5.95 Å². The lowest BCUT2D eigenvalue weighted by Crippen LogP contribution is -2.03. The number of anilines is 4. The summed E-state index contributed by atoms with van der Waals surface area (Å²) in [5, 5.41) is 7.63. The lowest BCUT2D eigenvalue weighted by Gasteiger charge is -2.13. The fourth-order valence-electron chi connectivity index (χ4n) is 2.87. The van der Waals surface area contributed by atoms with Gasteiger partial charge in [0, 0.05) is 11.1 Å². The molecule has 0 spiro atoms. The molecule has 0 fully saturated rings. The van der Waals surface area contributed by atoms with Crippen molar-refractivity contribution in [3.8, 4) is 5.75 Å². The number of benzene rings is 3. The highest BCUT2D eigenvalue weighted by molar-refractivity contribution is 5.92. The van der Waals surface area contributed by atoms with Crippen molar-refractivity contribution in [3.05, 3.63) is 78.4 Å². The quantitative estimate of drug-likeness (QED) is 0.499. The van der Waals surface area contributed by atoms with Gasteiger partial charge in [0.05, 0.1) is 18.3 Å². The Morgan fingerprint density at radius 3 is 2.33 bits per heavy atom. The van der Waals surface area contributed by atoms with Gasteiger partial charge in [-0.15, -0.1) is 0 Å². The van der Waals surface area contributed by atoms with Crippen LogP contribution in [0.2, 0.25) is 0 Å². The molecule has 0 aliphatic rings. The number of hydrogen-bond acceptors (Lipinski definition) is 5. The maximum atomic E-state index is 5.41. The molecule has 1 aromatic heterocycles. The first-order valence-electron chi connectivity index (χ1n) is 8.73. The van der Waals surface area contributed by atoms with Gasteiger partial charge >= 0.3 is 0 Å². The van der Waals surface area contributed by atoms with E-state index in [1.165, 1.54) is 5.56 Å². The van der Waals surface area contributed by atoms with Crippen LogP contribution in [0.4, 0.5) is 23.1 Å². The minimum absolute atomic E-state index is 0.507. The van der Waals surface area contributed by atoms with Crippen LogP contribution in [-0.2, 0) is 0 Å². The molecule has 0 atom stereocenters. The number of methoxy groups -OCH3 is 1. The predicted molar refractivity (Wildman–Crippen MR) is 110 cm³/mol. The van der Waals surface area contributed by atoms with Crippen LogP contribution in [0.1, 0.15) is 5.56 Å². The minimum atomic E-state index is 0.507. The van der Waals surface area contributed by atoms with E-state index < -0.39 is 0 Å². The van der Waals surface area contributed by atoms with E-state index in [1.807, 2.05) is 60.7 Å². The summed E-state index contributed by atoms with van der Waals surface area (Å²) in [6.07, 6.45) is 0. The maximum absolute atomic E-state index is 5.41. The largest absolute Gasteiger partial charge is 0.495 e. The minimum Gasteiger partial charge on any atom is -0.495 e. The number of fused-ring (bicyclic) bond motifs is 1. The van der Waals surface area contributed by atoms with Gasteiger partial charge in [-0.25, -0.2) is 4.98 Å². The van der Waals surface area contributed by atoms with Crippen LogP contribution in [-0.4, -0.2) is 17.1 Å². The number of aromatic nitrogens is 2. The lowest BCUT2D eigenvalue weighted by atomic mass is 10.2. The summed E-state index contributed by atoms with van der Waals surface area (Å²) in [4.78, 5) is 9.34. The third-order valence-corrected chi connectivity index (χ3v) is 4.27. The van der Waals surface area contributed by atoms with Crippen molar-refractivity contribution in [1.29, 1.82) is 0 Å². The fourth-order valence-corrected chi connectivity index (χ4v) is 2.87. The van der Waals surface area contributed by atoms with E-state index in [9.17, 15) is 0 Å². The molecule has 0 unspecified atom stereocenters. The SMILES string of the molecule is COc1ccccc1Nc1nc(Nc2ccc(C)cc2)c2ccccc2n1. The molecule has 5 nitrogen and oxygen atoms in total. The number of para-hydroxylation sites is 3. The molecule has 3 aromatic carbocycles. The summed E-state index contributed by atoms with van der Waals surface area (Å²) in [5.74, 6) is 2.00. The van der Waals surface area contributed by atoms with Gasteiger partial charge in [-0.05, 0) is 43.3 Å². The Bertz CT molecular complexity index is 1080. The normalized spacial score (nSPS) is 10.6. The average molecular weight is 356 g/mol. The molecule has 0 saturated carbocycles. The number of rotatable bonds is 5. The van der Waals surface area contributed by atoms with Crippen molar-refractivity contribution in [3.63, 3.8) is 0 Å². The van der Waals surface area contributed by atoms with E-state index in [0.717, 1.165) is 33.8 Å². The summed E-state index contributed by atoms with van der Waals surface area (Å²) in [6, 6.07) is 23.9. The van der Waals surface area contributed by atoms with Crippen LogP contribution in [0, 0.1) is 6.92 Å². The molecule has 0 aliphatic carbocycles. The summed E-state index contributed by atoms with van der Waals surface area (Å²) in [7, 11) is 1.64. The van der Waals surface area contributed by atoms with Crippen molar-refractivity contribution in [2.45, 2.75) is 6.92 Å². The van der Waals surface area contributed by atoms with E-state index in [1.54, 1.807) is 7.11 Å². The molecule has 27 heavy (non-hydrogen) atoms. The van der Waals surface area contributed by atoms with Crippen molar-refractivity contribution >= 4 is 34.0 Å². The standard InChI is InChI=1S/C22H20N4O/c1-15-11-13-16(14-12-15)23-21-17-7-3-4-8-18(17)24-22(26-21)25-19-9-5-6-10-20(19)27-2/h3-14H,1-2H3,(H2,23,24,25,26). The van der Waals surface area contributed by atoms with Crippen molar-refractivity contribution < 1.29 is 4.74 Å². The Morgan fingerprint density at radius 1 is 0.778 bits per heavy atom. The monoisotopic (exact) mass is 356 g/mol. The third-order valence-electron chi connectivity index (χ3n) is 4.27. The van der Waals surface area contributed by atoms with Gasteiger partial charge in [-0.2, -0.15) is 4.98 Å². The summed E-state index contributed by atoms with van der Waals surface area (Å²) in [6.45, 7) is 2.07. The molecule has 4 aromatic rings. The zero-order valence-electron chi connectivity index (χ0n) is 15.2. The first kappa shape index (κ1) is 16.8. The third kappa shape index (κ3) is 3.67. The average Bonchev–Trinajstić information content (AvgIpc) is 2.70. The van der Waals surface area contributed by atoms with Crippen molar-refractivity contribution in [2.24, 2.45) is 0 Å². The number of nitrogens with one attached hydrogen (secondary N) is 2. The molecule has 0 bridgehead atoms. The van der Waals surface area contributed by atoms with Gasteiger partial charge in [0.25, 0.3) is 0 Å². The van der Waals surface area contributed by atoms with Crippen LogP contribution in [0.25, 0.3) is 10.9 Å². The number of ether oxygens (including phenoxy) is 1. The topological polar surface area (TPSA) is 59.1 Å². The summed E-state index contributed by atoms with van der Waals surface area (Å²) < 4.78 is 5.41. The Balaban J connectivity index is 1.75. The zero-order chi connectivity index (χ0) is 18.6. The zero-order valence-corrected chi connectivity index (χ0v) is 15.2. The highest BCUT2D eigenvalue weighted by atomic mass is 16.5. The molecule has 0 aliphatic heterocycles. The fraction of sp³-hybridized carbons (Fsp3) is 0.0909. The van der Waals surface area contributed by atoms with Gasteiger partial charge in [0.1, 0.15) is 11.6 Å². The molecular formula is C22H20N4O. The van der Waals surface area contributed by atoms with E-state index in [0.29, 0.717) is 5.95 Å². The molecule has 2 N–H and O–H groups in total. The van der Waals surface area contributed by atoms with Crippen LogP contribution in [0.15, 0.2) is 72.8 Å². The molecule has 134 valence electrons. The molecule has 0 amide bonds. The lowest BCUT2D eigenvalue weighted by molar-refractivity contribution is 0.417. The molecular weight excluding hydrogens is 336 g/mol. The Kier molecular flexibility index (Phi) is 4.58. The first-order chi connectivity index (χ1) is 13.2. The van der Waals surface area contributed by atoms with Gasteiger partial charge in [-0.3, -0.25) is 0 Å². The molecule has 0 saturated heterocycles. The van der Waals surface area contributed by atoms with E-state index in [-0.39, 0.29) is 0 Å². The highest BCUT2D eigenvalue weighted by Crippen LogP contribution is 2.29. The van der Waals surface area contributed by atoms with Crippen LogP contribution in [0.5, 0.6) is 5.75 Å². The summed E-state index contributed by atoms with van der Waals surface area (Å²) in [5.41, 5.74) is 3.87. The van der Waals surface area contributed by atoms with Crippen LogP contribution in [0.3, 0.4) is 0 Å². The molecule has 1 heterocycles.